The Morgan fingerprint density at radius 3 is 2.61 bits per heavy atom. The molecule has 150 valence electrons. The lowest BCUT2D eigenvalue weighted by molar-refractivity contribution is -0.115. The minimum atomic E-state index is -0.194. The number of anilines is 2. The summed E-state index contributed by atoms with van der Waals surface area (Å²) in [6.07, 6.45) is 0. The first-order valence-electron chi connectivity index (χ1n) is 9.12. The molecule has 2 aromatic rings. The van der Waals surface area contributed by atoms with Crippen LogP contribution in [0.25, 0.3) is 0 Å². The maximum Gasteiger partial charge on any atom is 0.246 e. The van der Waals surface area contributed by atoms with Gasteiger partial charge in [0.15, 0.2) is 11.5 Å². The van der Waals surface area contributed by atoms with Crippen molar-refractivity contribution in [3.63, 3.8) is 0 Å². The Hall–Kier alpha value is -2.46. The van der Waals surface area contributed by atoms with Crippen molar-refractivity contribution >= 4 is 29.6 Å². The van der Waals surface area contributed by atoms with Crippen LogP contribution in [-0.4, -0.2) is 79.2 Å². The third kappa shape index (κ3) is 3.49. The summed E-state index contributed by atoms with van der Waals surface area (Å²) in [6.45, 7) is 3.68. The van der Waals surface area contributed by atoms with Crippen LogP contribution in [0.4, 0.5) is 11.9 Å². The molecule has 0 bridgehead atoms. The van der Waals surface area contributed by atoms with Crippen LogP contribution in [0, 0.1) is 0 Å². The topological polar surface area (TPSA) is 86.8 Å². The molecule has 1 atom stereocenters. The van der Waals surface area contributed by atoms with Crippen molar-refractivity contribution in [2.45, 2.75) is 5.37 Å². The number of amides is 1. The molecule has 4 rings (SSSR count). The molecule has 10 heteroatoms. The van der Waals surface area contributed by atoms with E-state index in [0.29, 0.717) is 29.1 Å². The van der Waals surface area contributed by atoms with Gasteiger partial charge in [0.25, 0.3) is 0 Å². The normalized spacial score (nSPS) is 20.7. The van der Waals surface area contributed by atoms with Crippen LogP contribution in [0.15, 0.2) is 18.2 Å². The van der Waals surface area contributed by atoms with Gasteiger partial charge in [-0.1, -0.05) is 6.07 Å². The molecule has 0 radical (unpaired) electrons. The van der Waals surface area contributed by atoms with E-state index < -0.39 is 0 Å². The zero-order chi connectivity index (χ0) is 19.7. The first-order chi connectivity index (χ1) is 13.6. The lowest BCUT2D eigenvalue weighted by Gasteiger charge is -2.31. The smallest absolute Gasteiger partial charge is 0.246 e. The van der Waals surface area contributed by atoms with Crippen LogP contribution in [0.1, 0.15) is 10.9 Å². The number of likely N-dealkylation sites (N-methyl/N-ethyl adjacent to an activating group) is 1. The molecule has 0 aliphatic carbocycles. The molecule has 0 unspecified atom stereocenters. The van der Waals surface area contributed by atoms with Gasteiger partial charge in [-0.2, -0.15) is 4.98 Å². The molecule has 1 N–H and O–H groups in total. The fraction of sp³-hybridized carbons (Fsp3) is 0.500. The number of ether oxygens (including phenoxy) is 2. The van der Waals surface area contributed by atoms with Gasteiger partial charge in [0.05, 0.1) is 20.0 Å². The summed E-state index contributed by atoms with van der Waals surface area (Å²) >= 11 is 1.56. The van der Waals surface area contributed by atoms with E-state index in [4.69, 9.17) is 9.47 Å². The number of hydrogen-bond donors (Lipinski definition) is 1. The number of nitrogens with zero attached hydrogens (tertiary/aromatic N) is 5. The van der Waals surface area contributed by atoms with Crippen LogP contribution >= 0.6 is 11.8 Å². The number of aromatic nitrogens is 3. The van der Waals surface area contributed by atoms with Gasteiger partial charge in [-0.05, 0) is 24.7 Å². The van der Waals surface area contributed by atoms with Crippen molar-refractivity contribution in [3.05, 3.63) is 23.8 Å². The third-order valence-corrected chi connectivity index (χ3v) is 6.25. The van der Waals surface area contributed by atoms with Crippen molar-refractivity contribution in [3.8, 4) is 11.5 Å². The highest BCUT2D eigenvalue weighted by molar-refractivity contribution is 8.00. The van der Waals surface area contributed by atoms with Gasteiger partial charge in [-0.15, -0.1) is 16.9 Å². The largest absolute Gasteiger partial charge is 0.493 e. The lowest BCUT2D eigenvalue weighted by atomic mass is 10.2. The van der Waals surface area contributed by atoms with E-state index in [0.717, 1.165) is 31.7 Å². The summed E-state index contributed by atoms with van der Waals surface area (Å²) in [5.41, 5.74) is 0.950. The van der Waals surface area contributed by atoms with Crippen molar-refractivity contribution in [1.29, 1.82) is 0 Å². The van der Waals surface area contributed by atoms with Gasteiger partial charge in [0.2, 0.25) is 17.8 Å². The minimum Gasteiger partial charge on any atom is -0.493 e. The first-order valence-corrected chi connectivity index (χ1v) is 10.2. The van der Waals surface area contributed by atoms with E-state index in [9.17, 15) is 4.79 Å². The summed E-state index contributed by atoms with van der Waals surface area (Å²) in [6, 6.07) is 5.70. The molecule has 3 heterocycles. The van der Waals surface area contributed by atoms with Gasteiger partial charge in [0, 0.05) is 26.2 Å². The Morgan fingerprint density at radius 2 is 1.89 bits per heavy atom. The van der Waals surface area contributed by atoms with Gasteiger partial charge < -0.3 is 19.3 Å². The number of methoxy groups -OCH3 is 2. The van der Waals surface area contributed by atoms with E-state index in [-0.39, 0.29) is 11.3 Å². The zero-order valence-corrected chi connectivity index (χ0v) is 17.0. The summed E-state index contributed by atoms with van der Waals surface area (Å²) in [4.78, 5) is 23.3. The maximum absolute atomic E-state index is 12.6. The highest BCUT2D eigenvalue weighted by Crippen LogP contribution is 2.43. The molecule has 0 saturated carbocycles. The number of hydrogen-bond acceptors (Lipinski definition) is 8. The molecule has 0 spiro atoms. The van der Waals surface area contributed by atoms with Gasteiger partial charge in [0.1, 0.15) is 5.37 Å². The van der Waals surface area contributed by atoms with Crippen molar-refractivity contribution in [2.24, 2.45) is 0 Å². The number of thioether (sulfide) groups is 1. The zero-order valence-electron chi connectivity index (χ0n) is 16.2. The predicted molar refractivity (Wildman–Crippen MR) is 108 cm³/mol. The molecule has 2 aliphatic rings. The van der Waals surface area contributed by atoms with Gasteiger partial charge in [-0.3, -0.25) is 9.69 Å². The fourth-order valence-electron chi connectivity index (χ4n) is 3.41. The Labute approximate surface area is 168 Å². The SMILES string of the molecule is COc1ccc([C@H]2SCC(=O)N2c2nc(N3CCN(C)CC3)n[nH]2)cc1OC. The second-order valence-electron chi connectivity index (χ2n) is 6.79. The third-order valence-electron chi connectivity index (χ3n) is 5.04. The minimum absolute atomic E-state index is 0.00543. The summed E-state index contributed by atoms with van der Waals surface area (Å²) in [5.74, 6) is 2.80. The van der Waals surface area contributed by atoms with Crippen LogP contribution < -0.4 is 19.3 Å². The van der Waals surface area contributed by atoms with Gasteiger partial charge in [-0.25, -0.2) is 5.10 Å². The van der Waals surface area contributed by atoms with Crippen LogP contribution in [0.2, 0.25) is 0 Å². The standard InChI is InChI=1S/C18H24N6O3S/c1-22-6-8-23(9-7-22)17-19-18(21-20-17)24-15(25)11-28-16(24)12-4-5-13(26-2)14(10-12)27-3/h4-5,10,16H,6-9,11H2,1-3H3,(H,19,20,21)/t16-/m1/s1. The second kappa shape index (κ2) is 7.88. The van der Waals surface area contributed by atoms with E-state index in [1.807, 2.05) is 18.2 Å². The lowest BCUT2D eigenvalue weighted by Crippen LogP contribution is -2.45. The van der Waals surface area contributed by atoms with Crippen LogP contribution in [-0.2, 0) is 4.79 Å². The summed E-state index contributed by atoms with van der Waals surface area (Å²) < 4.78 is 10.7. The number of piperazine rings is 1. The van der Waals surface area contributed by atoms with Crippen molar-refractivity contribution < 1.29 is 14.3 Å². The number of nitrogens with one attached hydrogen (secondary N) is 1. The second-order valence-corrected chi connectivity index (χ2v) is 7.86. The Kier molecular flexibility index (Phi) is 5.31. The number of H-pyrrole nitrogens is 1. The molecule has 2 saturated heterocycles. The average Bonchev–Trinajstić information content (AvgIpc) is 3.34. The summed E-state index contributed by atoms with van der Waals surface area (Å²) in [5, 5.41) is 7.12. The Bertz CT molecular complexity index is 852. The van der Waals surface area contributed by atoms with E-state index >= 15 is 0 Å². The molecule has 9 nitrogen and oxygen atoms in total. The van der Waals surface area contributed by atoms with E-state index in [1.165, 1.54) is 0 Å². The Morgan fingerprint density at radius 1 is 1.14 bits per heavy atom. The summed E-state index contributed by atoms with van der Waals surface area (Å²) in [7, 11) is 5.31. The molecule has 28 heavy (non-hydrogen) atoms. The van der Waals surface area contributed by atoms with E-state index in [1.54, 1.807) is 30.9 Å². The molecule has 1 aromatic carbocycles. The number of carbonyl (C=O) groups is 1. The van der Waals surface area contributed by atoms with E-state index in [2.05, 4.69) is 32.0 Å². The van der Waals surface area contributed by atoms with Crippen molar-refractivity contribution in [2.75, 3.05) is 63.0 Å². The highest BCUT2D eigenvalue weighted by Gasteiger charge is 2.37. The predicted octanol–water partition coefficient (Wildman–Crippen LogP) is 1.35. The molecule has 1 aromatic heterocycles. The monoisotopic (exact) mass is 404 g/mol. The number of aromatic amines is 1. The molecular weight excluding hydrogens is 380 g/mol. The van der Waals surface area contributed by atoms with Crippen LogP contribution in [0.3, 0.4) is 0 Å². The quantitative estimate of drug-likeness (QED) is 0.799. The maximum atomic E-state index is 12.6. The first kappa shape index (κ1) is 18.9. The molecule has 2 aliphatic heterocycles. The van der Waals surface area contributed by atoms with Crippen molar-refractivity contribution in [1.82, 2.24) is 20.1 Å². The average molecular weight is 404 g/mol. The number of carbonyl (C=O) groups excluding carboxylic acids is 1. The number of benzene rings is 1. The fourth-order valence-corrected chi connectivity index (χ4v) is 4.55. The molecule has 2 fully saturated rings. The highest BCUT2D eigenvalue weighted by atomic mass is 32.2. The van der Waals surface area contributed by atoms with Crippen LogP contribution in [0.5, 0.6) is 11.5 Å². The molecular formula is C18H24N6O3S. The molecule has 1 amide bonds. The number of rotatable bonds is 5. The van der Waals surface area contributed by atoms with Gasteiger partial charge >= 0.3 is 0 Å². The Balaban J connectivity index is 1.59.